The highest BCUT2D eigenvalue weighted by Crippen LogP contribution is 2.25. The van der Waals surface area contributed by atoms with E-state index in [1.165, 1.54) is 17.4 Å². The molecule has 124 valence electrons. The van der Waals surface area contributed by atoms with E-state index in [0.717, 1.165) is 4.73 Å². The van der Waals surface area contributed by atoms with Crippen LogP contribution in [0.3, 0.4) is 0 Å². The van der Waals surface area contributed by atoms with E-state index in [-0.39, 0.29) is 17.1 Å². The summed E-state index contributed by atoms with van der Waals surface area (Å²) in [5, 5.41) is 25.4. The summed E-state index contributed by atoms with van der Waals surface area (Å²) in [6.45, 7) is 0. The van der Waals surface area contributed by atoms with Gasteiger partial charge in [-0.2, -0.15) is 0 Å². The Bertz CT molecular complexity index is 1090. The van der Waals surface area contributed by atoms with Gasteiger partial charge in [-0.1, -0.05) is 17.7 Å². The number of carbonyl (C=O) groups is 1. The van der Waals surface area contributed by atoms with Crippen LogP contribution in [0.2, 0.25) is 5.02 Å². The van der Waals surface area contributed by atoms with Crippen LogP contribution in [0.5, 0.6) is 0 Å². The molecule has 0 aliphatic heterocycles. The molecule has 0 radical (unpaired) electrons. The molecule has 0 saturated heterocycles. The molecule has 5 nitrogen and oxygen atoms in total. The van der Waals surface area contributed by atoms with Gasteiger partial charge in [0.05, 0.1) is 10.4 Å². The van der Waals surface area contributed by atoms with Crippen LogP contribution in [0.1, 0.15) is 15.2 Å². The lowest BCUT2D eigenvalue weighted by Gasteiger charge is -2.03. The van der Waals surface area contributed by atoms with Crippen LogP contribution < -0.4 is 4.73 Å². The Balaban J connectivity index is 1.88. The Morgan fingerprint density at radius 3 is 2.60 bits per heavy atom. The number of hydrogen-bond acceptors (Lipinski definition) is 4. The van der Waals surface area contributed by atoms with Crippen molar-refractivity contribution in [3.05, 3.63) is 80.6 Å². The second kappa shape index (κ2) is 5.91. The molecule has 0 spiro atoms. The van der Waals surface area contributed by atoms with Crippen LogP contribution in [-0.4, -0.2) is 15.7 Å². The normalized spacial score (nSPS) is 11.1. The molecule has 0 fully saturated rings. The Morgan fingerprint density at radius 1 is 1.16 bits per heavy atom. The van der Waals surface area contributed by atoms with Crippen LogP contribution in [0.15, 0.2) is 60.0 Å². The summed E-state index contributed by atoms with van der Waals surface area (Å²) in [5.41, 5.74) is 1.45. The average molecular weight is 371 g/mol. The first-order valence-corrected chi connectivity index (χ1v) is 8.63. The molecule has 0 aliphatic rings. The fourth-order valence-electron chi connectivity index (χ4n) is 2.71. The number of benzene rings is 2. The molecule has 7 heteroatoms. The molecule has 4 rings (SSSR count). The highest BCUT2D eigenvalue weighted by atomic mass is 35.5. The molecule has 0 atom stereocenters. The first-order chi connectivity index (χ1) is 12.1. The predicted octanol–water partition coefficient (Wildman–Crippen LogP) is 4.12. The molecule has 25 heavy (non-hydrogen) atoms. The van der Waals surface area contributed by atoms with Gasteiger partial charge in [-0.3, -0.25) is 4.79 Å². The number of ketones is 1. The lowest BCUT2D eigenvalue weighted by molar-refractivity contribution is -0.567. The molecule has 2 aromatic heterocycles. The van der Waals surface area contributed by atoms with Crippen LogP contribution in [0.4, 0.5) is 0 Å². The van der Waals surface area contributed by atoms with E-state index < -0.39 is 0 Å². The number of halogens is 1. The van der Waals surface area contributed by atoms with Crippen LogP contribution >= 0.6 is 22.9 Å². The van der Waals surface area contributed by atoms with Crippen LogP contribution in [0, 0.1) is 5.21 Å². The number of thiophene rings is 1. The molecular formula is C18H11ClN2O3S. The summed E-state index contributed by atoms with van der Waals surface area (Å²) in [6.07, 6.45) is 0. The fraction of sp³-hybridized carbons (Fsp3) is 0. The zero-order valence-electron chi connectivity index (χ0n) is 12.7. The van der Waals surface area contributed by atoms with Gasteiger partial charge in [0.2, 0.25) is 11.3 Å². The van der Waals surface area contributed by atoms with Gasteiger partial charge in [0, 0.05) is 16.7 Å². The summed E-state index contributed by atoms with van der Waals surface area (Å²) in [5.74, 6) is -0.0944. The zero-order chi connectivity index (χ0) is 17.6. The molecule has 0 saturated carbocycles. The third kappa shape index (κ3) is 2.56. The van der Waals surface area contributed by atoms with Crippen molar-refractivity contribution in [3.8, 4) is 11.4 Å². The number of nitrogens with zero attached hydrogens (tertiary/aromatic N) is 2. The van der Waals surface area contributed by atoms with Crippen molar-refractivity contribution < 1.29 is 14.7 Å². The first-order valence-electron chi connectivity index (χ1n) is 7.37. The Morgan fingerprint density at radius 2 is 1.92 bits per heavy atom. The Kier molecular flexibility index (Phi) is 3.71. The minimum absolute atomic E-state index is 0.0624. The zero-order valence-corrected chi connectivity index (χ0v) is 14.3. The van der Waals surface area contributed by atoms with Gasteiger partial charge in [-0.25, -0.2) is 4.73 Å². The van der Waals surface area contributed by atoms with Gasteiger partial charge in [0.15, 0.2) is 5.52 Å². The third-order valence-electron chi connectivity index (χ3n) is 3.92. The maximum Gasteiger partial charge on any atom is 0.332 e. The predicted molar refractivity (Wildman–Crippen MR) is 96.3 cm³/mol. The second-order valence-corrected chi connectivity index (χ2v) is 6.83. The molecule has 0 amide bonds. The lowest BCUT2D eigenvalue weighted by Crippen LogP contribution is -2.28. The number of rotatable bonds is 3. The number of imidazole rings is 1. The first kappa shape index (κ1) is 15.7. The molecular weight excluding hydrogens is 360 g/mol. The van der Waals surface area contributed by atoms with Crippen molar-refractivity contribution >= 4 is 39.8 Å². The summed E-state index contributed by atoms with van der Waals surface area (Å²) in [7, 11) is 0. The molecule has 0 bridgehead atoms. The van der Waals surface area contributed by atoms with Crippen molar-refractivity contribution in [1.82, 2.24) is 4.73 Å². The van der Waals surface area contributed by atoms with Gasteiger partial charge in [0.25, 0.3) is 0 Å². The molecule has 0 aliphatic carbocycles. The highest BCUT2D eigenvalue weighted by molar-refractivity contribution is 7.12. The maximum atomic E-state index is 12.7. The van der Waals surface area contributed by atoms with Crippen LogP contribution in [-0.2, 0) is 0 Å². The monoisotopic (exact) mass is 370 g/mol. The van der Waals surface area contributed by atoms with E-state index in [9.17, 15) is 15.2 Å². The molecule has 2 heterocycles. The van der Waals surface area contributed by atoms with Crippen molar-refractivity contribution in [2.45, 2.75) is 0 Å². The maximum absolute atomic E-state index is 12.7. The van der Waals surface area contributed by atoms with E-state index in [4.69, 9.17) is 11.6 Å². The van der Waals surface area contributed by atoms with E-state index >= 15 is 0 Å². The van der Waals surface area contributed by atoms with E-state index in [1.807, 2.05) is 5.38 Å². The quantitative estimate of drug-likeness (QED) is 0.255. The van der Waals surface area contributed by atoms with Gasteiger partial charge >= 0.3 is 5.82 Å². The summed E-state index contributed by atoms with van der Waals surface area (Å²) >= 11 is 7.21. The van der Waals surface area contributed by atoms with Gasteiger partial charge in [-0.05, 0) is 52.6 Å². The fourth-order valence-corrected chi connectivity index (χ4v) is 3.52. The van der Waals surface area contributed by atoms with E-state index in [1.54, 1.807) is 48.5 Å². The van der Waals surface area contributed by atoms with Gasteiger partial charge in [-0.15, -0.1) is 11.3 Å². The Hall–Kier alpha value is -2.83. The second-order valence-electron chi connectivity index (χ2n) is 5.45. The smallest absolute Gasteiger partial charge is 0.332 e. The molecule has 2 aromatic carbocycles. The van der Waals surface area contributed by atoms with Crippen molar-refractivity contribution in [2.24, 2.45) is 0 Å². The standard InChI is InChI=1S/C18H11ClN2O3S/c19-13-6-3-11(4-7-13)18-20(23)14-8-5-12(10-15(14)21(18)24)17(22)16-2-1-9-25-16/h1-10,23H. The third-order valence-corrected chi connectivity index (χ3v) is 5.05. The SMILES string of the molecule is O=C(c1ccc2c(c1)[n+]([O-])c(-c1ccc(Cl)cc1)n2O)c1cccs1. The minimum Gasteiger partial charge on any atom is -0.710 e. The highest BCUT2D eigenvalue weighted by Gasteiger charge is 2.24. The number of aromatic nitrogens is 2. The van der Waals surface area contributed by atoms with Gasteiger partial charge < -0.3 is 10.4 Å². The van der Waals surface area contributed by atoms with E-state index in [2.05, 4.69) is 0 Å². The largest absolute Gasteiger partial charge is 0.710 e. The van der Waals surface area contributed by atoms with Crippen molar-refractivity contribution in [2.75, 3.05) is 0 Å². The van der Waals surface area contributed by atoms with Gasteiger partial charge in [0.1, 0.15) is 0 Å². The lowest BCUT2D eigenvalue weighted by atomic mass is 10.1. The van der Waals surface area contributed by atoms with Crippen LogP contribution in [0.25, 0.3) is 22.4 Å². The number of fused-ring (bicyclic) bond motifs is 1. The minimum atomic E-state index is -0.157. The number of carbonyl (C=O) groups excluding carboxylic acids is 1. The Labute approximate surface area is 151 Å². The van der Waals surface area contributed by atoms with Crippen molar-refractivity contribution in [1.29, 1.82) is 0 Å². The van der Waals surface area contributed by atoms with Crippen molar-refractivity contribution in [3.63, 3.8) is 0 Å². The summed E-state index contributed by atoms with van der Waals surface area (Å²) < 4.78 is 1.44. The molecule has 0 unspecified atom stereocenters. The number of hydrogen-bond donors (Lipinski definition) is 1. The topological polar surface area (TPSA) is 69.2 Å². The molecule has 1 N–H and O–H groups in total. The summed E-state index contributed by atoms with van der Waals surface area (Å²) in [6, 6.07) is 14.8. The molecule has 4 aromatic rings. The average Bonchev–Trinajstić information content (AvgIpc) is 3.24. The van der Waals surface area contributed by atoms with E-state index in [0.29, 0.717) is 31.3 Å². The summed E-state index contributed by atoms with van der Waals surface area (Å²) in [4.78, 5) is 13.1.